The smallest absolute Gasteiger partial charge is 0.146 e. The van der Waals surface area contributed by atoms with Gasteiger partial charge >= 0.3 is 0 Å². The number of halogens is 1. The molecule has 0 atom stereocenters. The van der Waals surface area contributed by atoms with Gasteiger partial charge in [-0.2, -0.15) is 5.26 Å². The Hall–Kier alpha value is -1.98. The number of benzene rings is 2. The number of ether oxygens (including phenoxy) is 1. The summed E-state index contributed by atoms with van der Waals surface area (Å²) in [6, 6.07) is 13.1. The van der Waals surface area contributed by atoms with Crippen molar-refractivity contribution in [1.29, 1.82) is 5.26 Å². The van der Waals surface area contributed by atoms with Crippen molar-refractivity contribution in [3.63, 3.8) is 0 Å². The summed E-state index contributed by atoms with van der Waals surface area (Å²) in [7, 11) is 0. The van der Waals surface area contributed by atoms with Crippen LogP contribution in [0, 0.1) is 25.2 Å². The van der Waals surface area contributed by atoms with Gasteiger partial charge in [0.2, 0.25) is 0 Å². The normalized spacial score (nSPS) is 9.89. The average molecular weight is 258 g/mol. The molecule has 3 heteroatoms. The number of rotatable bonds is 2. The third-order valence-electron chi connectivity index (χ3n) is 2.56. The highest BCUT2D eigenvalue weighted by molar-refractivity contribution is 6.32. The van der Waals surface area contributed by atoms with Crippen LogP contribution in [0.1, 0.15) is 16.7 Å². The fourth-order valence-electron chi connectivity index (χ4n) is 1.61. The highest BCUT2D eigenvalue weighted by Crippen LogP contribution is 2.32. The van der Waals surface area contributed by atoms with E-state index in [4.69, 9.17) is 21.6 Å². The molecule has 0 amide bonds. The van der Waals surface area contributed by atoms with Gasteiger partial charge in [0, 0.05) is 0 Å². The molecule has 0 aliphatic rings. The van der Waals surface area contributed by atoms with E-state index in [2.05, 4.69) is 6.07 Å². The molecule has 0 saturated carbocycles. The largest absolute Gasteiger partial charge is 0.454 e. The Morgan fingerprint density at radius 2 is 1.67 bits per heavy atom. The molecule has 0 unspecified atom stereocenters. The van der Waals surface area contributed by atoms with Crippen LogP contribution in [0.2, 0.25) is 5.02 Å². The fourth-order valence-corrected chi connectivity index (χ4v) is 1.89. The van der Waals surface area contributed by atoms with Gasteiger partial charge in [-0.1, -0.05) is 23.7 Å². The Morgan fingerprint density at radius 1 is 1.00 bits per heavy atom. The van der Waals surface area contributed by atoms with Crippen LogP contribution in [0.4, 0.5) is 0 Å². The van der Waals surface area contributed by atoms with Crippen molar-refractivity contribution in [3.05, 3.63) is 58.1 Å². The molecular weight excluding hydrogens is 246 g/mol. The quantitative estimate of drug-likeness (QED) is 0.786. The number of nitrogens with zero attached hydrogens (tertiary/aromatic N) is 1. The number of aryl methyl sites for hydroxylation is 2. The number of hydrogen-bond acceptors (Lipinski definition) is 2. The average Bonchev–Trinajstić information content (AvgIpc) is 2.33. The molecule has 2 nitrogen and oxygen atoms in total. The first-order valence-electron chi connectivity index (χ1n) is 5.55. The standard InChI is InChI=1S/C15H12ClNO/c1-10-4-6-14(13(16)7-10)18-15-8-11(2)3-5-12(15)9-17/h3-8H,1-2H3. The zero-order chi connectivity index (χ0) is 13.1. The van der Waals surface area contributed by atoms with Gasteiger partial charge in [-0.05, 0) is 49.2 Å². The molecule has 0 saturated heterocycles. The molecule has 0 aliphatic carbocycles. The Labute approximate surface area is 111 Å². The molecule has 2 aromatic rings. The van der Waals surface area contributed by atoms with Gasteiger partial charge in [0.15, 0.2) is 0 Å². The summed E-state index contributed by atoms with van der Waals surface area (Å²) in [4.78, 5) is 0. The van der Waals surface area contributed by atoms with Crippen molar-refractivity contribution in [2.75, 3.05) is 0 Å². The Balaban J connectivity index is 2.40. The second-order valence-electron chi connectivity index (χ2n) is 4.15. The SMILES string of the molecule is Cc1ccc(Oc2cc(C)ccc2C#N)c(Cl)c1. The molecule has 0 aliphatic heterocycles. The van der Waals surface area contributed by atoms with E-state index in [1.165, 1.54) is 0 Å². The Kier molecular flexibility index (Phi) is 3.55. The Bertz CT molecular complexity index is 629. The summed E-state index contributed by atoms with van der Waals surface area (Å²) in [6.45, 7) is 3.91. The fraction of sp³-hybridized carbons (Fsp3) is 0.133. The maximum atomic E-state index is 9.04. The molecule has 0 heterocycles. The second-order valence-corrected chi connectivity index (χ2v) is 4.55. The van der Waals surface area contributed by atoms with Gasteiger partial charge < -0.3 is 4.74 Å². The minimum Gasteiger partial charge on any atom is -0.454 e. The zero-order valence-electron chi connectivity index (χ0n) is 10.2. The first-order chi connectivity index (χ1) is 8.60. The third kappa shape index (κ3) is 2.64. The zero-order valence-corrected chi connectivity index (χ0v) is 11.0. The molecule has 2 aromatic carbocycles. The number of hydrogen-bond donors (Lipinski definition) is 0. The van der Waals surface area contributed by atoms with Gasteiger partial charge in [0.05, 0.1) is 10.6 Å². The van der Waals surface area contributed by atoms with Gasteiger partial charge in [-0.25, -0.2) is 0 Å². The van der Waals surface area contributed by atoms with E-state index in [0.717, 1.165) is 11.1 Å². The maximum Gasteiger partial charge on any atom is 0.146 e. The summed E-state index contributed by atoms with van der Waals surface area (Å²) in [5.74, 6) is 1.09. The molecule has 0 spiro atoms. The molecule has 0 N–H and O–H groups in total. The van der Waals surface area contributed by atoms with E-state index in [1.807, 2.05) is 38.1 Å². The predicted octanol–water partition coefficient (Wildman–Crippen LogP) is 4.62. The highest BCUT2D eigenvalue weighted by atomic mass is 35.5. The second kappa shape index (κ2) is 5.12. The summed E-state index contributed by atoms with van der Waals surface area (Å²) in [6.07, 6.45) is 0. The predicted molar refractivity (Wildman–Crippen MR) is 72.2 cm³/mol. The summed E-state index contributed by atoms with van der Waals surface area (Å²) < 4.78 is 5.71. The van der Waals surface area contributed by atoms with E-state index in [9.17, 15) is 0 Å². The maximum absolute atomic E-state index is 9.04. The van der Waals surface area contributed by atoms with Gasteiger partial charge in [-0.15, -0.1) is 0 Å². The lowest BCUT2D eigenvalue weighted by atomic mass is 10.1. The molecule has 0 aromatic heterocycles. The molecule has 2 rings (SSSR count). The molecule has 0 bridgehead atoms. The summed E-state index contributed by atoms with van der Waals surface area (Å²) in [5.41, 5.74) is 2.60. The molecule has 18 heavy (non-hydrogen) atoms. The first-order valence-corrected chi connectivity index (χ1v) is 5.92. The Morgan fingerprint density at radius 3 is 2.33 bits per heavy atom. The molecule has 0 fully saturated rings. The third-order valence-corrected chi connectivity index (χ3v) is 2.86. The van der Waals surface area contributed by atoms with Crippen LogP contribution in [-0.2, 0) is 0 Å². The van der Waals surface area contributed by atoms with Crippen molar-refractivity contribution >= 4 is 11.6 Å². The van der Waals surface area contributed by atoms with Crippen molar-refractivity contribution in [2.45, 2.75) is 13.8 Å². The van der Waals surface area contributed by atoms with Crippen molar-refractivity contribution in [2.24, 2.45) is 0 Å². The van der Waals surface area contributed by atoms with Crippen LogP contribution in [0.3, 0.4) is 0 Å². The summed E-state index contributed by atoms with van der Waals surface area (Å²) >= 11 is 6.11. The van der Waals surface area contributed by atoms with Crippen molar-refractivity contribution in [3.8, 4) is 17.6 Å². The summed E-state index contributed by atoms with van der Waals surface area (Å²) in [5, 5.41) is 9.58. The van der Waals surface area contributed by atoms with Crippen LogP contribution in [0.25, 0.3) is 0 Å². The van der Waals surface area contributed by atoms with Crippen LogP contribution in [0.15, 0.2) is 36.4 Å². The highest BCUT2D eigenvalue weighted by Gasteiger charge is 2.08. The van der Waals surface area contributed by atoms with Gasteiger partial charge in [0.1, 0.15) is 17.6 Å². The van der Waals surface area contributed by atoms with Crippen LogP contribution in [0.5, 0.6) is 11.5 Å². The topological polar surface area (TPSA) is 33.0 Å². The van der Waals surface area contributed by atoms with E-state index in [1.54, 1.807) is 12.1 Å². The minimum atomic E-state index is 0.497. The van der Waals surface area contributed by atoms with Gasteiger partial charge in [-0.3, -0.25) is 0 Å². The van der Waals surface area contributed by atoms with Gasteiger partial charge in [0.25, 0.3) is 0 Å². The lowest BCUT2D eigenvalue weighted by Crippen LogP contribution is -1.90. The van der Waals surface area contributed by atoms with Crippen LogP contribution in [-0.4, -0.2) is 0 Å². The lowest BCUT2D eigenvalue weighted by Gasteiger charge is -2.10. The van der Waals surface area contributed by atoms with E-state index in [-0.39, 0.29) is 0 Å². The van der Waals surface area contributed by atoms with E-state index >= 15 is 0 Å². The molecular formula is C15H12ClNO. The van der Waals surface area contributed by atoms with Crippen LogP contribution < -0.4 is 4.74 Å². The lowest BCUT2D eigenvalue weighted by molar-refractivity contribution is 0.481. The van der Waals surface area contributed by atoms with E-state index in [0.29, 0.717) is 22.1 Å². The monoisotopic (exact) mass is 257 g/mol. The minimum absolute atomic E-state index is 0.497. The first kappa shape index (κ1) is 12.5. The van der Waals surface area contributed by atoms with Crippen LogP contribution >= 0.6 is 11.6 Å². The van der Waals surface area contributed by atoms with Crippen molar-refractivity contribution in [1.82, 2.24) is 0 Å². The molecule has 0 radical (unpaired) electrons. The van der Waals surface area contributed by atoms with E-state index < -0.39 is 0 Å². The van der Waals surface area contributed by atoms with Crippen molar-refractivity contribution < 1.29 is 4.74 Å². The number of nitriles is 1. The molecule has 90 valence electrons.